The Hall–Kier alpha value is -5.22. The summed E-state index contributed by atoms with van der Waals surface area (Å²) in [5.74, 6) is 0. The molecular formula is C43H32IrN4-2. The Balaban J connectivity index is 0.000000237. The molecule has 5 heteroatoms. The molecule has 4 aromatic carbocycles. The molecular weight excluding hydrogens is 765 g/mol. The minimum Gasteiger partial charge on any atom is -0.335 e. The number of benzene rings is 4. The maximum atomic E-state index is 4.88. The fraction of sp³-hybridized carbons (Fsp3) is 0.0930. The molecule has 0 unspecified atom stereocenters. The molecule has 9 aromatic rings. The molecule has 0 saturated carbocycles. The van der Waals surface area contributed by atoms with Crippen molar-refractivity contribution < 1.29 is 20.1 Å². The summed E-state index contributed by atoms with van der Waals surface area (Å²) in [6.07, 6.45) is 7.11. The Bertz CT molecular complexity index is 2440. The number of hydrogen-bond acceptors (Lipinski definition) is 3. The van der Waals surface area contributed by atoms with E-state index in [0.717, 1.165) is 33.5 Å². The third-order valence-corrected chi connectivity index (χ3v) is 8.73. The molecule has 0 aliphatic rings. The first-order chi connectivity index (χ1) is 23.0. The van der Waals surface area contributed by atoms with E-state index in [1.807, 2.05) is 54.7 Å². The molecule has 0 bridgehead atoms. The molecule has 0 atom stereocenters. The quantitative estimate of drug-likeness (QED) is 0.167. The van der Waals surface area contributed by atoms with Gasteiger partial charge in [0.1, 0.15) is 0 Å². The zero-order chi connectivity index (χ0) is 32.0. The van der Waals surface area contributed by atoms with Crippen LogP contribution in [0.3, 0.4) is 0 Å². The van der Waals surface area contributed by atoms with Crippen LogP contribution in [0.4, 0.5) is 0 Å². The summed E-state index contributed by atoms with van der Waals surface area (Å²) in [6.45, 7) is 6.76. The second-order valence-corrected chi connectivity index (χ2v) is 12.8. The van der Waals surface area contributed by atoms with Crippen LogP contribution in [0, 0.1) is 12.3 Å². The van der Waals surface area contributed by atoms with Crippen molar-refractivity contribution in [2.75, 3.05) is 0 Å². The van der Waals surface area contributed by atoms with Gasteiger partial charge in [0, 0.05) is 54.4 Å². The number of rotatable bonds is 3. The van der Waals surface area contributed by atoms with Gasteiger partial charge in [0.2, 0.25) is 0 Å². The van der Waals surface area contributed by atoms with Crippen LogP contribution >= 0.6 is 0 Å². The van der Waals surface area contributed by atoms with Gasteiger partial charge < -0.3 is 19.4 Å². The second-order valence-electron chi connectivity index (χ2n) is 12.8. The van der Waals surface area contributed by atoms with Crippen molar-refractivity contribution in [3.8, 4) is 33.6 Å². The Labute approximate surface area is 293 Å². The van der Waals surface area contributed by atoms with Crippen LogP contribution in [0.15, 0.2) is 140 Å². The van der Waals surface area contributed by atoms with E-state index in [1.165, 1.54) is 43.9 Å². The third kappa shape index (κ3) is 5.56. The molecule has 5 aromatic heterocycles. The average Bonchev–Trinajstić information content (AvgIpc) is 3.64. The van der Waals surface area contributed by atoms with Gasteiger partial charge in [0.25, 0.3) is 0 Å². The first-order valence-corrected chi connectivity index (χ1v) is 15.9. The molecule has 48 heavy (non-hydrogen) atoms. The first kappa shape index (κ1) is 31.4. The zero-order valence-electron chi connectivity index (χ0n) is 26.9. The van der Waals surface area contributed by atoms with Gasteiger partial charge in [-0.05, 0) is 51.6 Å². The fourth-order valence-corrected chi connectivity index (χ4v) is 6.52. The van der Waals surface area contributed by atoms with Gasteiger partial charge in [-0.1, -0.05) is 111 Å². The topological polar surface area (TPSA) is 43.1 Å². The summed E-state index contributed by atoms with van der Waals surface area (Å²) < 4.78 is 2.28. The van der Waals surface area contributed by atoms with E-state index in [0.29, 0.717) is 0 Å². The molecule has 0 N–H and O–H groups in total. The predicted octanol–water partition coefficient (Wildman–Crippen LogP) is 10.6. The fourth-order valence-electron chi connectivity index (χ4n) is 6.52. The van der Waals surface area contributed by atoms with Crippen molar-refractivity contribution >= 4 is 38.2 Å². The molecule has 1 radical (unpaired) electrons. The predicted molar refractivity (Wildman–Crippen MR) is 194 cm³/mol. The van der Waals surface area contributed by atoms with Crippen molar-refractivity contribution in [2.45, 2.75) is 26.2 Å². The van der Waals surface area contributed by atoms with Gasteiger partial charge in [-0.15, -0.1) is 47.5 Å². The summed E-state index contributed by atoms with van der Waals surface area (Å²) in [5, 5.41) is 4.87. The third-order valence-electron chi connectivity index (χ3n) is 8.73. The Kier molecular flexibility index (Phi) is 8.34. The number of fused-ring (bicyclic) bond motifs is 6. The largest absolute Gasteiger partial charge is 0.335 e. The summed E-state index contributed by atoms with van der Waals surface area (Å²) in [5.41, 5.74) is 10.8. The summed E-state index contributed by atoms with van der Waals surface area (Å²) in [6, 6.07) is 46.8. The van der Waals surface area contributed by atoms with Crippen LogP contribution in [-0.2, 0) is 25.5 Å². The maximum absolute atomic E-state index is 4.88. The molecule has 5 heterocycles. The molecule has 0 aliphatic heterocycles. The van der Waals surface area contributed by atoms with Crippen molar-refractivity contribution in [3.05, 3.63) is 158 Å². The van der Waals surface area contributed by atoms with Crippen molar-refractivity contribution in [1.29, 1.82) is 0 Å². The minimum atomic E-state index is -0.0319. The van der Waals surface area contributed by atoms with E-state index in [1.54, 1.807) is 6.20 Å². The van der Waals surface area contributed by atoms with E-state index in [4.69, 9.17) is 9.97 Å². The first-order valence-electron chi connectivity index (χ1n) is 15.9. The van der Waals surface area contributed by atoms with Crippen LogP contribution in [0.5, 0.6) is 0 Å². The number of pyridine rings is 3. The number of nitrogens with zero attached hydrogens (tertiary/aromatic N) is 4. The molecule has 9 rings (SSSR count). The minimum absolute atomic E-state index is 0. The number of para-hydroxylation sites is 2. The van der Waals surface area contributed by atoms with Gasteiger partial charge in [0.05, 0.1) is 11.2 Å². The van der Waals surface area contributed by atoms with Crippen LogP contribution in [0.2, 0.25) is 0 Å². The van der Waals surface area contributed by atoms with Gasteiger partial charge in [-0.3, -0.25) is 0 Å². The van der Waals surface area contributed by atoms with Gasteiger partial charge >= 0.3 is 0 Å². The average molecular weight is 797 g/mol. The smallest absolute Gasteiger partial charge is 0.0604 e. The molecule has 0 amide bonds. The van der Waals surface area contributed by atoms with E-state index in [2.05, 4.69) is 121 Å². The van der Waals surface area contributed by atoms with Crippen LogP contribution in [0.1, 0.15) is 26.3 Å². The molecule has 0 aliphatic carbocycles. The standard InChI is InChI=1S/C32H24N3.C11H8N.Ir/c1-32(2,3)27-17-28(33-19-26(27)20-10-5-4-6-11-20)21-16-25-24-14-9-13-23-22-12-7-8-15-29(22)35(30(23)24)31(25)34-18-21;1-2-6-10(7-3-1)11-8-4-5-9-12-11;/h4-17,19H,1-3H3;1-6,8-9H;/q2*-1;. The summed E-state index contributed by atoms with van der Waals surface area (Å²) in [4.78, 5) is 14.0. The normalized spacial score (nSPS) is 11.5. The van der Waals surface area contributed by atoms with Gasteiger partial charge in [-0.2, -0.15) is 0 Å². The Morgan fingerprint density at radius 2 is 1.35 bits per heavy atom. The van der Waals surface area contributed by atoms with Crippen LogP contribution in [-0.4, -0.2) is 19.4 Å². The molecule has 235 valence electrons. The van der Waals surface area contributed by atoms with Crippen LogP contribution in [0.25, 0.3) is 71.9 Å². The molecule has 0 spiro atoms. The van der Waals surface area contributed by atoms with E-state index in [-0.39, 0.29) is 25.5 Å². The molecule has 4 nitrogen and oxygen atoms in total. The summed E-state index contributed by atoms with van der Waals surface area (Å²) >= 11 is 0. The van der Waals surface area contributed by atoms with Crippen LogP contribution < -0.4 is 0 Å². The number of hydrogen-bond donors (Lipinski definition) is 0. The Morgan fingerprint density at radius 3 is 2.10 bits per heavy atom. The summed E-state index contributed by atoms with van der Waals surface area (Å²) in [7, 11) is 0. The van der Waals surface area contributed by atoms with E-state index < -0.39 is 0 Å². The molecule has 0 fully saturated rings. The second kappa shape index (κ2) is 12.8. The zero-order valence-corrected chi connectivity index (χ0v) is 29.3. The van der Waals surface area contributed by atoms with E-state index >= 15 is 0 Å². The SMILES string of the molecule is CC(C)(C)c1cc(-c2[c-]nc3c(c2)c2cccc4c5ccccc5n3c42)ncc1-c1ccccc1.[Ir].[c-]1ccccc1-c1ccccn1. The van der Waals surface area contributed by atoms with Gasteiger partial charge in [0.15, 0.2) is 0 Å². The van der Waals surface area contributed by atoms with Crippen molar-refractivity contribution in [1.82, 2.24) is 19.4 Å². The number of aromatic nitrogens is 4. The monoisotopic (exact) mass is 797 g/mol. The van der Waals surface area contributed by atoms with Gasteiger partial charge in [-0.25, -0.2) is 0 Å². The Morgan fingerprint density at radius 1 is 0.625 bits per heavy atom. The van der Waals surface area contributed by atoms with Crippen molar-refractivity contribution in [3.63, 3.8) is 0 Å². The molecule has 0 saturated heterocycles. The maximum Gasteiger partial charge on any atom is 0.0604 e. The van der Waals surface area contributed by atoms with E-state index in [9.17, 15) is 0 Å². The van der Waals surface area contributed by atoms with Crippen molar-refractivity contribution in [2.24, 2.45) is 0 Å².